The molecule has 2 aromatic carbocycles. The zero-order chi connectivity index (χ0) is 16.5. The highest BCUT2D eigenvalue weighted by Crippen LogP contribution is 2.37. The average Bonchev–Trinajstić information content (AvgIpc) is 2.56. The summed E-state index contributed by atoms with van der Waals surface area (Å²) in [5.74, 6) is -1.65. The van der Waals surface area contributed by atoms with E-state index in [1.54, 1.807) is 31.2 Å². The maximum Gasteiger partial charge on any atom is 0.261 e. The van der Waals surface area contributed by atoms with Gasteiger partial charge in [0.25, 0.3) is 23.6 Å². The third-order valence-electron chi connectivity index (χ3n) is 4.50. The predicted molar refractivity (Wildman–Crippen MR) is 88.1 cm³/mol. The van der Waals surface area contributed by atoms with Gasteiger partial charge in [0, 0.05) is 46.6 Å². The lowest BCUT2D eigenvalue weighted by Crippen LogP contribution is -2.42. The van der Waals surface area contributed by atoms with Crippen molar-refractivity contribution in [2.75, 3.05) is 13.6 Å². The van der Waals surface area contributed by atoms with Crippen LogP contribution in [-0.4, -0.2) is 47.0 Å². The van der Waals surface area contributed by atoms with Gasteiger partial charge in [-0.3, -0.25) is 29.0 Å². The Hall–Kier alpha value is -3.02. The molecule has 0 unspecified atom stereocenters. The van der Waals surface area contributed by atoms with Crippen LogP contribution in [0.15, 0.2) is 24.3 Å². The molecule has 0 atom stereocenters. The molecule has 6 nitrogen and oxygen atoms in total. The van der Waals surface area contributed by atoms with Crippen molar-refractivity contribution in [2.24, 2.45) is 0 Å². The molecule has 0 N–H and O–H groups in total. The van der Waals surface area contributed by atoms with Crippen LogP contribution in [0.5, 0.6) is 0 Å². The summed E-state index contributed by atoms with van der Waals surface area (Å²) in [5, 5.41) is 0.819. The largest absolute Gasteiger partial charge is 0.277 e. The number of nitrogens with zero attached hydrogens (tertiary/aromatic N) is 2. The quantitative estimate of drug-likeness (QED) is 0.755. The van der Waals surface area contributed by atoms with Crippen LogP contribution in [-0.2, 0) is 0 Å². The Kier molecular flexibility index (Phi) is 3.30. The molecule has 2 aliphatic rings. The van der Waals surface area contributed by atoms with Gasteiger partial charge in [-0.05, 0) is 31.2 Å². The first kappa shape index (κ1) is 15.9. The highest BCUT2D eigenvalue weighted by Gasteiger charge is 2.37. The topological polar surface area (TPSA) is 74.8 Å². The van der Waals surface area contributed by atoms with E-state index >= 15 is 0 Å². The summed E-state index contributed by atoms with van der Waals surface area (Å²) < 4.78 is 0. The van der Waals surface area contributed by atoms with E-state index in [1.165, 1.54) is 7.05 Å². The van der Waals surface area contributed by atoms with Crippen LogP contribution in [0.2, 0.25) is 0 Å². The first-order chi connectivity index (χ1) is 11.0. The third kappa shape index (κ3) is 1.65. The minimum atomic E-state index is -0.427. The Balaban J connectivity index is 0.00000169. The number of benzene rings is 2. The van der Waals surface area contributed by atoms with Crippen molar-refractivity contribution in [3.63, 3.8) is 0 Å². The molecule has 24 heavy (non-hydrogen) atoms. The zero-order valence-corrected chi connectivity index (χ0v) is 12.5. The van der Waals surface area contributed by atoms with Crippen LogP contribution < -0.4 is 0 Å². The van der Waals surface area contributed by atoms with Crippen LogP contribution >= 0.6 is 0 Å². The van der Waals surface area contributed by atoms with Gasteiger partial charge in [-0.1, -0.05) is 7.43 Å². The molecule has 0 spiro atoms. The second-order valence-electron chi connectivity index (χ2n) is 5.60. The maximum atomic E-state index is 12.5. The van der Waals surface area contributed by atoms with Gasteiger partial charge in [-0.15, -0.1) is 0 Å². The minimum absolute atomic E-state index is 0. The second kappa shape index (κ2) is 4.99. The highest BCUT2D eigenvalue weighted by atomic mass is 16.2. The first-order valence-corrected chi connectivity index (χ1v) is 7.25. The van der Waals surface area contributed by atoms with Crippen molar-refractivity contribution < 1.29 is 19.2 Å². The number of rotatable bonds is 1. The second-order valence-corrected chi connectivity index (χ2v) is 5.60. The summed E-state index contributed by atoms with van der Waals surface area (Å²) in [6.07, 6.45) is 0. The lowest BCUT2D eigenvalue weighted by molar-refractivity contribution is 0.0608. The zero-order valence-electron chi connectivity index (χ0n) is 12.5. The van der Waals surface area contributed by atoms with E-state index in [9.17, 15) is 19.2 Å². The summed E-state index contributed by atoms with van der Waals surface area (Å²) in [4.78, 5) is 52.0. The van der Waals surface area contributed by atoms with E-state index in [2.05, 4.69) is 0 Å². The van der Waals surface area contributed by atoms with E-state index in [0.717, 1.165) is 9.80 Å². The monoisotopic (exact) mass is 324 g/mol. The number of imide groups is 2. The Morgan fingerprint density at radius 3 is 1.38 bits per heavy atom. The minimum Gasteiger partial charge on any atom is -0.277 e. The molecule has 122 valence electrons. The summed E-state index contributed by atoms with van der Waals surface area (Å²) in [6, 6.07) is 6.23. The molecule has 0 bridgehead atoms. The number of carbonyl (C=O) groups excluding carboxylic acids is 4. The summed E-state index contributed by atoms with van der Waals surface area (Å²) >= 11 is 0. The molecule has 2 aromatic rings. The maximum absolute atomic E-state index is 12.5. The normalized spacial score (nSPS) is 15.9. The molecule has 0 aromatic heterocycles. The number of amides is 4. The molecule has 2 heterocycles. The first-order valence-electron chi connectivity index (χ1n) is 7.25. The van der Waals surface area contributed by atoms with Crippen molar-refractivity contribution in [2.45, 2.75) is 14.4 Å². The van der Waals surface area contributed by atoms with Crippen molar-refractivity contribution >= 4 is 34.4 Å². The Labute approximate surface area is 138 Å². The highest BCUT2D eigenvalue weighted by molar-refractivity contribution is 6.33. The molecular weight excluding hydrogens is 308 g/mol. The van der Waals surface area contributed by atoms with Gasteiger partial charge in [0.2, 0.25) is 0 Å². The molecular formula is C18H16N2O4. The molecule has 0 saturated heterocycles. The number of hydrogen-bond acceptors (Lipinski definition) is 4. The fourth-order valence-electron chi connectivity index (χ4n) is 3.33. The van der Waals surface area contributed by atoms with Crippen molar-refractivity contribution in [3.05, 3.63) is 46.5 Å². The van der Waals surface area contributed by atoms with Crippen LogP contribution in [0.25, 0.3) is 10.8 Å². The summed E-state index contributed by atoms with van der Waals surface area (Å²) in [7, 11) is 1.42. The number of carbonyl (C=O) groups is 4. The summed E-state index contributed by atoms with van der Waals surface area (Å²) in [5.41, 5.74) is 1.39. The lowest BCUT2D eigenvalue weighted by Gasteiger charge is -2.30. The Bertz CT molecular complexity index is 890. The molecule has 0 aliphatic carbocycles. The smallest absolute Gasteiger partial charge is 0.261 e. The van der Waals surface area contributed by atoms with Gasteiger partial charge in [0.15, 0.2) is 0 Å². The molecule has 2 aliphatic heterocycles. The molecule has 0 radical (unpaired) electrons. The van der Waals surface area contributed by atoms with E-state index in [-0.39, 0.29) is 14.0 Å². The molecule has 0 saturated carbocycles. The standard InChI is InChI=1S/C17H12N2O4.CH4/c1-3-19-16(22)10-6-4-8-12-9(15(21)18(2)14(8)20)5-7-11(13(10)12)17(19)23;/h4-7H,3H2,1-2H3;1H4. The van der Waals surface area contributed by atoms with E-state index < -0.39 is 23.6 Å². The van der Waals surface area contributed by atoms with Crippen molar-refractivity contribution in [1.29, 1.82) is 0 Å². The van der Waals surface area contributed by atoms with Gasteiger partial charge >= 0.3 is 0 Å². The van der Waals surface area contributed by atoms with Gasteiger partial charge < -0.3 is 0 Å². The Morgan fingerprint density at radius 2 is 1.04 bits per heavy atom. The Morgan fingerprint density at radius 1 is 0.708 bits per heavy atom. The molecule has 6 heteroatoms. The van der Waals surface area contributed by atoms with E-state index in [1.807, 2.05) is 0 Å². The van der Waals surface area contributed by atoms with Gasteiger partial charge in [0.05, 0.1) is 0 Å². The van der Waals surface area contributed by atoms with Gasteiger partial charge in [0.1, 0.15) is 0 Å². The predicted octanol–water partition coefficient (Wildman–Crippen LogP) is 2.32. The fraction of sp³-hybridized carbons (Fsp3) is 0.222. The van der Waals surface area contributed by atoms with Crippen molar-refractivity contribution in [3.8, 4) is 0 Å². The fourth-order valence-corrected chi connectivity index (χ4v) is 3.33. The van der Waals surface area contributed by atoms with Crippen LogP contribution in [0.1, 0.15) is 55.8 Å². The summed E-state index contributed by atoms with van der Waals surface area (Å²) in [6.45, 7) is 1.99. The van der Waals surface area contributed by atoms with Crippen LogP contribution in [0.3, 0.4) is 0 Å². The van der Waals surface area contributed by atoms with Crippen molar-refractivity contribution in [1.82, 2.24) is 9.80 Å². The van der Waals surface area contributed by atoms with E-state index in [4.69, 9.17) is 0 Å². The third-order valence-corrected chi connectivity index (χ3v) is 4.50. The SMILES string of the molecule is C.CCN1C(=O)c2ccc3c4c(ccc(c24)C1=O)C(=O)N(C)C3=O. The van der Waals surface area contributed by atoms with Crippen LogP contribution in [0.4, 0.5) is 0 Å². The van der Waals surface area contributed by atoms with E-state index in [0.29, 0.717) is 33.0 Å². The molecule has 4 amide bonds. The average molecular weight is 324 g/mol. The molecule has 4 rings (SSSR count). The molecule has 0 fully saturated rings. The van der Waals surface area contributed by atoms with Gasteiger partial charge in [-0.25, -0.2) is 0 Å². The van der Waals surface area contributed by atoms with Crippen LogP contribution in [0, 0.1) is 0 Å². The lowest BCUT2D eigenvalue weighted by atomic mass is 9.86. The van der Waals surface area contributed by atoms with Gasteiger partial charge in [-0.2, -0.15) is 0 Å². The number of hydrogen-bond donors (Lipinski definition) is 0.